The lowest BCUT2D eigenvalue weighted by atomic mass is 10.1. The van der Waals surface area contributed by atoms with Crippen LogP contribution in [0.5, 0.6) is 5.75 Å². The predicted octanol–water partition coefficient (Wildman–Crippen LogP) is 1.31. The van der Waals surface area contributed by atoms with Gasteiger partial charge in [-0.2, -0.15) is 0 Å². The molecule has 21 nitrogen and oxygen atoms in total. The van der Waals surface area contributed by atoms with Crippen LogP contribution in [0.4, 0.5) is 0 Å². The summed E-state index contributed by atoms with van der Waals surface area (Å²) < 4.78 is 0. The number of nitrogens with two attached hydrogens (primary N) is 7. The van der Waals surface area contributed by atoms with Crippen molar-refractivity contribution < 1.29 is 64.5 Å². The topological polar surface area (TPSA) is 442 Å². The third kappa shape index (κ3) is 28.3. The molecule has 67 heavy (non-hydrogen) atoms. The van der Waals surface area contributed by atoms with Gasteiger partial charge in [0.1, 0.15) is 36.0 Å². The second-order valence-corrected chi connectivity index (χ2v) is 14.4. The highest BCUT2D eigenvalue weighted by atomic mass is 16.4. The van der Waals surface area contributed by atoms with E-state index in [2.05, 4.69) is 10.7 Å². The van der Waals surface area contributed by atoms with Crippen molar-refractivity contribution in [3.05, 3.63) is 138 Å². The number of unbranched alkanes of at least 4 members (excludes halogenated alkanes) is 1. The first-order chi connectivity index (χ1) is 31.6. The number of fused-ring (bicyclic) bond motifs is 1. The van der Waals surface area contributed by atoms with Crippen molar-refractivity contribution in [2.24, 2.45) is 40.1 Å². The van der Waals surface area contributed by atoms with Crippen LogP contribution in [0.2, 0.25) is 0 Å². The summed E-state index contributed by atoms with van der Waals surface area (Å²) in [5, 5.41) is 60.2. The molecule has 21 heteroatoms. The molecule has 22 N–H and O–H groups in total. The molecule has 5 aromatic rings. The van der Waals surface area contributed by atoms with E-state index in [0.717, 1.165) is 46.0 Å². The summed E-state index contributed by atoms with van der Waals surface area (Å²) >= 11 is 0. The first kappa shape index (κ1) is 59.8. The van der Waals surface area contributed by atoms with Crippen molar-refractivity contribution in [1.29, 1.82) is 0 Å². The summed E-state index contributed by atoms with van der Waals surface area (Å²) in [4.78, 5) is 64.2. The SMILES string of the molecule is NC(Cc1c[nH]c2ccccc12)C(=O)O.NC(Cc1ccc(O)cc1)C(=O)O.NC(Cc1ccccc1)C(=O)O.NC(Cc1ccccc1)C(=O)O.NCC(=O)O.NCCCCC(N)C(=O)O. The summed E-state index contributed by atoms with van der Waals surface area (Å²) in [5.74, 6) is -5.65. The Balaban J connectivity index is 0.000000797. The maximum Gasteiger partial charge on any atom is 0.320 e. The van der Waals surface area contributed by atoms with Crippen molar-refractivity contribution in [2.45, 2.75) is 75.2 Å². The molecule has 0 aliphatic carbocycles. The zero-order valence-electron chi connectivity index (χ0n) is 36.8. The third-order valence-corrected chi connectivity index (χ3v) is 8.83. The van der Waals surface area contributed by atoms with Gasteiger partial charge in [0.15, 0.2) is 0 Å². The number of para-hydroxylation sites is 1. The Kier molecular flexibility index (Phi) is 30.5. The number of aromatic hydroxyl groups is 1. The zero-order valence-corrected chi connectivity index (χ0v) is 36.8. The van der Waals surface area contributed by atoms with Gasteiger partial charge in [-0.05, 0) is 79.1 Å². The predicted molar refractivity (Wildman–Crippen MR) is 252 cm³/mol. The van der Waals surface area contributed by atoms with Crippen molar-refractivity contribution in [3.8, 4) is 5.75 Å². The molecule has 366 valence electrons. The highest BCUT2D eigenvalue weighted by molar-refractivity contribution is 5.84. The molecule has 0 saturated carbocycles. The average molecular weight is 937 g/mol. The number of carboxylic acid groups (broad SMARTS) is 6. The first-order valence-electron chi connectivity index (χ1n) is 20.6. The molecule has 0 fully saturated rings. The number of aromatic nitrogens is 1. The normalized spacial score (nSPS) is 12.2. The van der Waals surface area contributed by atoms with Crippen LogP contribution in [-0.2, 0) is 54.5 Å². The Morgan fingerprint density at radius 1 is 0.463 bits per heavy atom. The number of aliphatic carboxylic acids is 6. The lowest BCUT2D eigenvalue weighted by molar-refractivity contribution is -0.139. The number of carbonyl (C=O) groups is 6. The van der Waals surface area contributed by atoms with Crippen molar-refractivity contribution in [3.63, 3.8) is 0 Å². The summed E-state index contributed by atoms with van der Waals surface area (Å²) in [6.45, 7) is 0.326. The minimum Gasteiger partial charge on any atom is -0.508 e. The Hall–Kier alpha value is -7.24. The zero-order chi connectivity index (χ0) is 50.9. The van der Waals surface area contributed by atoms with Gasteiger partial charge in [-0.15, -0.1) is 0 Å². The average Bonchev–Trinajstić information content (AvgIpc) is 3.71. The second kappa shape index (κ2) is 34.2. The van der Waals surface area contributed by atoms with Gasteiger partial charge in [0, 0.05) is 23.5 Å². The van der Waals surface area contributed by atoms with Crippen LogP contribution < -0.4 is 40.1 Å². The molecule has 1 aromatic heterocycles. The highest BCUT2D eigenvalue weighted by Gasteiger charge is 2.15. The van der Waals surface area contributed by atoms with E-state index in [1.807, 2.05) is 91.1 Å². The van der Waals surface area contributed by atoms with E-state index >= 15 is 0 Å². The van der Waals surface area contributed by atoms with E-state index in [0.29, 0.717) is 32.2 Å². The smallest absolute Gasteiger partial charge is 0.320 e. The number of aromatic amines is 1. The fourth-order valence-electron chi connectivity index (χ4n) is 5.14. The van der Waals surface area contributed by atoms with Gasteiger partial charge < -0.3 is 80.9 Å². The number of nitrogens with one attached hydrogen (secondary N) is 1. The molecule has 5 unspecified atom stereocenters. The lowest BCUT2D eigenvalue weighted by Gasteiger charge is -2.05. The molecule has 0 amide bonds. The monoisotopic (exact) mass is 936 g/mol. The summed E-state index contributed by atoms with van der Waals surface area (Å²) in [5.41, 5.74) is 41.1. The van der Waals surface area contributed by atoms with Gasteiger partial charge in [0.2, 0.25) is 0 Å². The molecule has 0 aliphatic heterocycles. The molecular weight excluding hydrogens is 873 g/mol. The molecular formula is C46H64N8O13. The van der Waals surface area contributed by atoms with E-state index in [9.17, 15) is 28.8 Å². The van der Waals surface area contributed by atoms with Crippen LogP contribution in [0.3, 0.4) is 0 Å². The van der Waals surface area contributed by atoms with E-state index in [4.69, 9.17) is 70.1 Å². The molecule has 5 rings (SSSR count). The molecule has 0 bridgehead atoms. The molecule has 1 heterocycles. The van der Waals surface area contributed by atoms with E-state index < -0.39 is 66.0 Å². The minimum absolute atomic E-state index is 0.160. The van der Waals surface area contributed by atoms with Gasteiger partial charge in [-0.1, -0.05) is 97.4 Å². The third-order valence-electron chi connectivity index (χ3n) is 8.83. The van der Waals surface area contributed by atoms with Gasteiger partial charge in [-0.25, -0.2) is 0 Å². The Morgan fingerprint density at radius 2 is 0.821 bits per heavy atom. The van der Waals surface area contributed by atoms with Gasteiger partial charge in [0.25, 0.3) is 0 Å². The Bertz CT molecular complexity index is 2140. The first-order valence-corrected chi connectivity index (χ1v) is 20.6. The number of hydrogen-bond donors (Lipinski definition) is 15. The lowest BCUT2D eigenvalue weighted by Crippen LogP contribution is -2.32. The molecule has 4 aromatic carbocycles. The maximum absolute atomic E-state index is 10.6. The summed E-state index contributed by atoms with van der Waals surface area (Å²) in [6.07, 6.45) is 5.37. The van der Waals surface area contributed by atoms with Crippen LogP contribution in [0.25, 0.3) is 10.9 Å². The number of hydrogen-bond acceptors (Lipinski definition) is 14. The number of phenols is 1. The molecule has 5 atom stereocenters. The van der Waals surface area contributed by atoms with Crippen LogP contribution in [0.15, 0.2) is 115 Å². The molecule has 0 aliphatic rings. The van der Waals surface area contributed by atoms with E-state index in [-0.39, 0.29) is 18.7 Å². The van der Waals surface area contributed by atoms with Crippen molar-refractivity contribution in [1.82, 2.24) is 4.98 Å². The van der Waals surface area contributed by atoms with Crippen molar-refractivity contribution >= 4 is 46.7 Å². The Labute approximate surface area is 387 Å². The minimum atomic E-state index is -1.02. The van der Waals surface area contributed by atoms with Crippen LogP contribution >= 0.6 is 0 Å². The molecule has 0 spiro atoms. The summed E-state index contributed by atoms with van der Waals surface area (Å²) in [6, 6.07) is 28.7. The fourth-order valence-corrected chi connectivity index (χ4v) is 5.14. The van der Waals surface area contributed by atoms with Crippen LogP contribution in [-0.4, -0.2) is 120 Å². The highest BCUT2D eigenvalue weighted by Crippen LogP contribution is 2.18. The largest absolute Gasteiger partial charge is 0.508 e. The summed E-state index contributed by atoms with van der Waals surface area (Å²) in [7, 11) is 0. The van der Waals surface area contributed by atoms with E-state index in [1.165, 1.54) is 12.1 Å². The second-order valence-electron chi connectivity index (χ2n) is 14.4. The van der Waals surface area contributed by atoms with E-state index in [1.54, 1.807) is 12.1 Å². The van der Waals surface area contributed by atoms with Crippen LogP contribution in [0, 0.1) is 0 Å². The number of phenolic OH excluding ortho intramolecular Hbond substituents is 1. The number of H-pyrrole nitrogens is 1. The standard InChI is InChI=1S/C11H12N2O2.C9H11NO3.2C9H11NO2.C6H14N2O2.C2H5NO2/c12-9(11(14)15)5-7-6-13-10-4-2-1-3-8(7)10;10-8(9(12)13)5-6-1-3-7(11)4-2-6;2*10-8(9(11)12)6-7-4-2-1-3-5-7;7-4-2-1-3-5(8)6(9)10;3-1-2(4)5/h1-4,6,9,13H,5,12H2,(H,14,15);1-4,8,11H,5,10H2,(H,12,13);2*1-5,8H,6,10H2,(H,11,12);5H,1-4,7-8H2,(H,9,10);1,3H2,(H,4,5). The fraction of sp³-hybridized carbons (Fsp3) is 0.304. The van der Waals surface area contributed by atoms with Gasteiger partial charge in [-0.3, -0.25) is 28.8 Å². The van der Waals surface area contributed by atoms with Crippen molar-refractivity contribution in [2.75, 3.05) is 13.1 Å². The molecule has 0 saturated heterocycles. The van der Waals surface area contributed by atoms with Gasteiger partial charge >= 0.3 is 35.8 Å². The van der Waals surface area contributed by atoms with Crippen LogP contribution in [0.1, 0.15) is 41.5 Å². The Morgan fingerprint density at radius 3 is 1.19 bits per heavy atom. The maximum atomic E-state index is 10.6. The van der Waals surface area contributed by atoms with Gasteiger partial charge in [0.05, 0.1) is 6.54 Å². The number of carboxylic acids is 6. The number of benzene rings is 4. The molecule has 0 radical (unpaired) electrons. The number of rotatable bonds is 18. The quantitative estimate of drug-likeness (QED) is 0.0551.